The lowest BCUT2D eigenvalue weighted by Crippen LogP contribution is -2.23. The zero-order valence-electron chi connectivity index (χ0n) is 13.2. The van der Waals surface area contributed by atoms with Gasteiger partial charge in [-0.2, -0.15) is 5.11 Å². The molecule has 4 rings (SSSR count). The molecule has 3 heteroatoms. The average molecular weight is 311 g/mol. The first-order valence-corrected chi connectivity index (χ1v) is 8.03. The topological polar surface area (TPSA) is 37.1 Å². The minimum absolute atomic E-state index is 0.490. The molecule has 0 unspecified atom stereocenters. The van der Waals surface area contributed by atoms with Crippen molar-refractivity contribution in [2.24, 2.45) is 15.2 Å². The highest BCUT2D eigenvalue weighted by molar-refractivity contribution is 5.88. The van der Waals surface area contributed by atoms with Crippen molar-refractivity contribution in [1.82, 2.24) is 0 Å². The molecule has 0 amide bonds. The highest BCUT2D eigenvalue weighted by atomic mass is 15.2. The Balaban J connectivity index is 1.78. The summed E-state index contributed by atoms with van der Waals surface area (Å²) in [6.45, 7) is 0. The minimum atomic E-state index is -0.490. The Kier molecular flexibility index (Phi) is 3.75. The Morgan fingerprint density at radius 1 is 0.667 bits per heavy atom. The third kappa shape index (κ3) is 2.65. The monoisotopic (exact) mass is 311 g/mol. The smallest absolute Gasteiger partial charge is 0.154 e. The van der Waals surface area contributed by atoms with Crippen LogP contribution >= 0.6 is 0 Å². The molecule has 0 N–H and O–H groups in total. The first-order valence-electron chi connectivity index (χ1n) is 8.03. The van der Waals surface area contributed by atoms with Crippen molar-refractivity contribution < 1.29 is 0 Å². The fraction of sp³-hybridized carbons (Fsp3) is 0.0952. The van der Waals surface area contributed by atoms with E-state index in [1.807, 2.05) is 66.7 Å². The number of para-hydroxylation sites is 1. The molecular formula is C21H17N3. The van der Waals surface area contributed by atoms with E-state index in [1.165, 1.54) is 0 Å². The molecule has 24 heavy (non-hydrogen) atoms. The molecule has 0 bridgehead atoms. The van der Waals surface area contributed by atoms with E-state index in [0.29, 0.717) is 6.42 Å². The molecular weight excluding hydrogens is 294 g/mol. The third-order valence-electron chi connectivity index (χ3n) is 4.27. The van der Waals surface area contributed by atoms with Gasteiger partial charge in [-0.1, -0.05) is 78.9 Å². The number of hydrogen-bond donors (Lipinski definition) is 0. The second-order valence-corrected chi connectivity index (χ2v) is 5.83. The van der Waals surface area contributed by atoms with E-state index >= 15 is 0 Å². The zero-order chi connectivity index (χ0) is 16.2. The van der Waals surface area contributed by atoms with Crippen LogP contribution in [0.25, 0.3) is 0 Å². The Hall–Kier alpha value is -3.07. The van der Waals surface area contributed by atoms with Crippen LogP contribution in [0, 0.1) is 0 Å². The van der Waals surface area contributed by atoms with Crippen LogP contribution in [0.4, 0.5) is 5.69 Å². The Morgan fingerprint density at radius 2 is 1.17 bits per heavy atom. The van der Waals surface area contributed by atoms with Crippen molar-refractivity contribution in [2.75, 3.05) is 0 Å². The van der Waals surface area contributed by atoms with Gasteiger partial charge in [0.2, 0.25) is 0 Å². The van der Waals surface area contributed by atoms with Gasteiger partial charge in [0.05, 0.1) is 5.69 Å². The molecule has 3 nitrogen and oxygen atoms in total. The Morgan fingerprint density at radius 3 is 1.71 bits per heavy atom. The summed E-state index contributed by atoms with van der Waals surface area (Å²) in [5, 5.41) is 9.09. The first kappa shape index (κ1) is 14.5. The highest BCUT2D eigenvalue weighted by Crippen LogP contribution is 2.41. The standard InChI is InChI=1S/C21H17N3/c1-4-10-17(11-5-1)21(18-12-6-2-7-13-18)16-20(23-24-21)22-19-14-8-3-9-15-19/h1-15H,16H2. The first-order chi connectivity index (χ1) is 11.9. The van der Waals surface area contributed by atoms with Gasteiger partial charge in [0.1, 0.15) is 5.54 Å². The maximum Gasteiger partial charge on any atom is 0.154 e. The van der Waals surface area contributed by atoms with Crippen LogP contribution in [-0.2, 0) is 5.54 Å². The molecule has 0 aromatic heterocycles. The molecule has 0 aliphatic carbocycles. The number of aliphatic imine (C=N–C) groups is 1. The van der Waals surface area contributed by atoms with Crippen LogP contribution in [-0.4, -0.2) is 5.84 Å². The molecule has 0 spiro atoms. The fourth-order valence-electron chi connectivity index (χ4n) is 3.07. The normalized spacial score (nSPS) is 17.2. The SMILES string of the molecule is c1ccc(N=C2CC(c3ccccc3)(c3ccccc3)N=N2)cc1. The third-order valence-corrected chi connectivity index (χ3v) is 4.27. The summed E-state index contributed by atoms with van der Waals surface area (Å²) in [4.78, 5) is 4.66. The molecule has 1 heterocycles. The molecule has 3 aromatic carbocycles. The summed E-state index contributed by atoms with van der Waals surface area (Å²) in [5.41, 5.74) is 2.69. The van der Waals surface area contributed by atoms with E-state index < -0.39 is 5.54 Å². The molecule has 116 valence electrons. The lowest BCUT2D eigenvalue weighted by atomic mass is 9.81. The molecule has 0 saturated carbocycles. The van der Waals surface area contributed by atoms with Gasteiger partial charge in [0, 0.05) is 6.42 Å². The number of nitrogens with zero attached hydrogens (tertiary/aromatic N) is 3. The van der Waals surface area contributed by atoms with Gasteiger partial charge in [-0.25, -0.2) is 4.99 Å². The number of rotatable bonds is 3. The second kappa shape index (κ2) is 6.20. The maximum absolute atomic E-state index is 4.68. The maximum atomic E-state index is 4.68. The van der Waals surface area contributed by atoms with Crippen LogP contribution in [0.1, 0.15) is 17.5 Å². The lowest BCUT2D eigenvalue weighted by Gasteiger charge is -2.25. The van der Waals surface area contributed by atoms with Crippen molar-refractivity contribution >= 4 is 11.5 Å². The number of hydrogen-bond acceptors (Lipinski definition) is 2. The molecule has 1 aliphatic heterocycles. The summed E-state index contributed by atoms with van der Waals surface area (Å²) < 4.78 is 0. The Labute approximate surface area is 141 Å². The van der Waals surface area contributed by atoms with Crippen LogP contribution in [0.3, 0.4) is 0 Å². The van der Waals surface area contributed by atoms with Gasteiger partial charge in [-0.3, -0.25) is 0 Å². The van der Waals surface area contributed by atoms with Crippen LogP contribution < -0.4 is 0 Å². The van der Waals surface area contributed by atoms with Crippen molar-refractivity contribution in [3.8, 4) is 0 Å². The lowest BCUT2D eigenvalue weighted by molar-refractivity contribution is 0.572. The van der Waals surface area contributed by atoms with Crippen molar-refractivity contribution in [1.29, 1.82) is 0 Å². The van der Waals surface area contributed by atoms with Gasteiger partial charge in [0.15, 0.2) is 5.84 Å². The summed E-state index contributed by atoms with van der Waals surface area (Å²) in [6.07, 6.45) is 0.663. The second-order valence-electron chi connectivity index (χ2n) is 5.83. The van der Waals surface area contributed by atoms with Crippen LogP contribution in [0.2, 0.25) is 0 Å². The summed E-state index contributed by atoms with van der Waals surface area (Å²) in [6, 6.07) is 30.6. The van der Waals surface area contributed by atoms with Crippen LogP contribution in [0.15, 0.2) is 106 Å². The van der Waals surface area contributed by atoms with E-state index in [0.717, 1.165) is 22.6 Å². The summed E-state index contributed by atoms with van der Waals surface area (Å²) in [7, 11) is 0. The van der Waals surface area contributed by atoms with Gasteiger partial charge in [0.25, 0.3) is 0 Å². The minimum Gasteiger partial charge on any atom is -0.232 e. The van der Waals surface area contributed by atoms with Crippen LogP contribution in [0.5, 0.6) is 0 Å². The number of azo groups is 1. The Bertz CT molecular complexity index is 829. The van der Waals surface area contributed by atoms with E-state index in [1.54, 1.807) is 0 Å². The summed E-state index contributed by atoms with van der Waals surface area (Å²) >= 11 is 0. The predicted molar refractivity (Wildman–Crippen MR) is 96.7 cm³/mol. The fourth-order valence-corrected chi connectivity index (χ4v) is 3.07. The van der Waals surface area contributed by atoms with Gasteiger partial charge >= 0.3 is 0 Å². The van der Waals surface area contributed by atoms with E-state index in [4.69, 9.17) is 0 Å². The van der Waals surface area contributed by atoms with Gasteiger partial charge < -0.3 is 0 Å². The van der Waals surface area contributed by atoms with Crippen molar-refractivity contribution in [3.63, 3.8) is 0 Å². The van der Waals surface area contributed by atoms with Gasteiger partial charge in [-0.05, 0) is 23.3 Å². The predicted octanol–water partition coefficient (Wildman–Crippen LogP) is 5.52. The number of benzene rings is 3. The average Bonchev–Trinajstić information content (AvgIpc) is 3.09. The van der Waals surface area contributed by atoms with E-state index in [2.05, 4.69) is 39.5 Å². The van der Waals surface area contributed by atoms with E-state index in [-0.39, 0.29) is 0 Å². The molecule has 0 fully saturated rings. The van der Waals surface area contributed by atoms with Crippen molar-refractivity contribution in [2.45, 2.75) is 12.0 Å². The number of amidine groups is 1. The molecule has 0 radical (unpaired) electrons. The van der Waals surface area contributed by atoms with E-state index in [9.17, 15) is 0 Å². The zero-order valence-corrected chi connectivity index (χ0v) is 13.2. The van der Waals surface area contributed by atoms with Gasteiger partial charge in [-0.15, -0.1) is 5.11 Å². The molecule has 1 aliphatic rings. The highest BCUT2D eigenvalue weighted by Gasteiger charge is 2.40. The largest absolute Gasteiger partial charge is 0.232 e. The molecule has 0 atom stereocenters. The molecule has 0 saturated heterocycles. The summed E-state index contributed by atoms with van der Waals surface area (Å²) in [5.74, 6) is 0.758. The molecule has 3 aromatic rings. The van der Waals surface area contributed by atoms with Crippen molar-refractivity contribution in [3.05, 3.63) is 102 Å². The quantitative estimate of drug-likeness (QED) is 0.611.